The van der Waals surface area contributed by atoms with Gasteiger partial charge in [0.05, 0.1) is 6.42 Å². The highest BCUT2D eigenvalue weighted by atomic mass is 35.5. The molecule has 2 amide bonds. The minimum atomic E-state index is -0.702. The summed E-state index contributed by atoms with van der Waals surface area (Å²) in [6.07, 6.45) is 0.204. The number of nitrogens with zero attached hydrogens (tertiary/aromatic N) is 1. The van der Waals surface area contributed by atoms with Crippen LogP contribution in [0.1, 0.15) is 18.1 Å². The van der Waals surface area contributed by atoms with Crippen LogP contribution in [0.15, 0.2) is 72.8 Å². The van der Waals surface area contributed by atoms with Gasteiger partial charge in [-0.3, -0.25) is 9.59 Å². The number of rotatable bonds is 7. The summed E-state index contributed by atoms with van der Waals surface area (Å²) in [5.41, 5.74) is 2.36. The number of fused-ring (bicyclic) bond motifs is 1. The van der Waals surface area contributed by atoms with E-state index in [0.29, 0.717) is 28.8 Å². The molecule has 3 aromatic carbocycles. The number of anilines is 1. The van der Waals surface area contributed by atoms with E-state index in [9.17, 15) is 9.59 Å². The number of amides is 2. The molecule has 0 fully saturated rings. The van der Waals surface area contributed by atoms with Gasteiger partial charge in [0.25, 0.3) is 0 Å². The van der Waals surface area contributed by atoms with Crippen molar-refractivity contribution in [3.63, 3.8) is 0 Å². The van der Waals surface area contributed by atoms with Crippen molar-refractivity contribution in [1.82, 2.24) is 4.90 Å². The van der Waals surface area contributed by atoms with Gasteiger partial charge in [-0.1, -0.05) is 54.1 Å². The number of hydrogen-bond donors (Lipinski definition) is 1. The van der Waals surface area contributed by atoms with Gasteiger partial charge in [0.2, 0.25) is 18.6 Å². The van der Waals surface area contributed by atoms with Gasteiger partial charge in [-0.25, -0.2) is 0 Å². The Kier molecular flexibility index (Phi) is 6.61. The van der Waals surface area contributed by atoms with Gasteiger partial charge in [-0.2, -0.15) is 0 Å². The second-order valence-electron chi connectivity index (χ2n) is 7.54. The van der Waals surface area contributed by atoms with Crippen LogP contribution in [0.25, 0.3) is 0 Å². The van der Waals surface area contributed by atoms with Gasteiger partial charge in [0, 0.05) is 23.3 Å². The summed E-state index contributed by atoms with van der Waals surface area (Å²) in [5.74, 6) is 0.783. The van der Waals surface area contributed by atoms with E-state index in [1.54, 1.807) is 42.2 Å². The van der Waals surface area contributed by atoms with Crippen molar-refractivity contribution in [3.05, 3.63) is 88.9 Å². The summed E-state index contributed by atoms with van der Waals surface area (Å²) in [6.45, 7) is 2.17. The van der Waals surface area contributed by atoms with Crippen LogP contribution in [0.3, 0.4) is 0 Å². The lowest BCUT2D eigenvalue weighted by Crippen LogP contribution is -2.45. The molecule has 164 valence electrons. The highest BCUT2D eigenvalue weighted by molar-refractivity contribution is 6.30. The summed E-state index contributed by atoms with van der Waals surface area (Å²) >= 11 is 6.00. The monoisotopic (exact) mass is 450 g/mol. The fraction of sp³-hybridized carbons (Fsp3) is 0.200. The average molecular weight is 451 g/mol. The molecule has 0 saturated heterocycles. The molecule has 6 nitrogen and oxygen atoms in total. The Hall–Kier alpha value is -3.51. The summed E-state index contributed by atoms with van der Waals surface area (Å²) in [4.78, 5) is 27.9. The molecule has 1 unspecified atom stereocenters. The molecule has 3 aromatic rings. The molecule has 0 spiro atoms. The van der Waals surface area contributed by atoms with Gasteiger partial charge in [-0.05, 0) is 42.3 Å². The molecule has 32 heavy (non-hydrogen) atoms. The van der Waals surface area contributed by atoms with E-state index in [2.05, 4.69) is 5.32 Å². The zero-order valence-corrected chi connectivity index (χ0v) is 18.3. The molecule has 0 bridgehead atoms. The number of halogens is 1. The van der Waals surface area contributed by atoms with Crippen molar-refractivity contribution >= 4 is 29.1 Å². The molecular formula is C25H23ClN2O4. The van der Waals surface area contributed by atoms with Gasteiger partial charge < -0.3 is 19.7 Å². The fourth-order valence-electron chi connectivity index (χ4n) is 3.46. The normalized spacial score (nSPS) is 12.8. The zero-order chi connectivity index (χ0) is 22.5. The van der Waals surface area contributed by atoms with E-state index in [1.165, 1.54) is 0 Å². The van der Waals surface area contributed by atoms with Crippen molar-refractivity contribution in [2.24, 2.45) is 0 Å². The van der Waals surface area contributed by atoms with Crippen molar-refractivity contribution in [1.29, 1.82) is 0 Å². The lowest BCUT2D eigenvalue weighted by Gasteiger charge is -2.29. The van der Waals surface area contributed by atoms with Crippen LogP contribution >= 0.6 is 11.6 Å². The largest absolute Gasteiger partial charge is 0.454 e. The maximum atomic E-state index is 13.2. The van der Waals surface area contributed by atoms with Gasteiger partial charge >= 0.3 is 0 Å². The maximum Gasteiger partial charge on any atom is 0.246 e. The van der Waals surface area contributed by atoms with E-state index >= 15 is 0 Å². The first-order valence-corrected chi connectivity index (χ1v) is 10.7. The number of hydrogen-bond acceptors (Lipinski definition) is 4. The molecule has 1 atom stereocenters. The Morgan fingerprint density at radius 1 is 0.969 bits per heavy atom. The first kappa shape index (κ1) is 21.7. The van der Waals surface area contributed by atoms with Gasteiger partial charge in [-0.15, -0.1) is 0 Å². The third-order valence-electron chi connectivity index (χ3n) is 5.27. The van der Waals surface area contributed by atoms with E-state index in [0.717, 1.165) is 11.1 Å². The Balaban J connectivity index is 1.52. The SMILES string of the molecule is CC(C(=O)Nc1ccc2c(c1)OCO2)N(Cc1ccc(Cl)cc1)C(=O)Cc1ccccc1. The zero-order valence-electron chi connectivity index (χ0n) is 17.6. The Morgan fingerprint density at radius 3 is 2.44 bits per heavy atom. The van der Waals surface area contributed by atoms with Crippen LogP contribution in [-0.4, -0.2) is 29.5 Å². The summed E-state index contributed by atoms with van der Waals surface area (Å²) in [5, 5.41) is 3.49. The molecular weight excluding hydrogens is 428 g/mol. The highest BCUT2D eigenvalue weighted by Crippen LogP contribution is 2.34. The lowest BCUT2D eigenvalue weighted by atomic mass is 10.1. The second kappa shape index (κ2) is 9.75. The van der Waals surface area contributed by atoms with Gasteiger partial charge in [0.15, 0.2) is 11.5 Å². The van der Waals surface area contributed by atoms with Crippen molar-refractivity contribution < 1.29 is 19.1 Å². The quantitative estimate of drug-likeness (QED) is 0.568. The molecule has 0 radical (unpaired) electrons. The Bertz CT molecular complexity index is 1100. The van der Waals surface area contributed by atoms with E-state index in [4.69, 9.17) is 21.1 Å². The maximum absolute atomic E-state index is 13.2. The van der Waals surface area contributed by atoms with Crippen molar-refractivity contribution in [3.8, 4) is 11.5 Å². The average Bonchev–Trinajstić information content (AvgIpc) is 3.27. The smallest absolute Gasteiger partial charge is 0.246 e. The van der Waals surface area contributed by atoms with E-state index in [1.807, 2.05) is 42.5 Å². The predicted molar refractivity (Wildman–Crippen MR) is 123 cm³/mol. The molecule has 1 aliphatic heterocycles. The topological polar surface area (TPSA) is 67.9 Å². The number of ether oxygens (including phenoxy) is 2. The molecule has 0 aromatic heterocycles. The van der Waals surface area contributed by atoms with Crippen molar-refractivity contribution in [2.45, 2.75) is 25.9 Å². The highest BCUT2D eigenvalue weighted by Gasteiger charge is 2.27. The lowest BCUT2D eigenvalue weighted by molar-refractivity contribution is -0.138. The number of carbonyl (C=O) groups is 2. The van der Waals surface area contributed by atoms with Crippen LogP contribution in [0.2, 0.25) is 5.02 Å². The summed E-state index contributed by atoms with van der Waals surface area (Å²) < 4.78 is 10.7. The standard InChI is InChI=1S/C25H23ClN2O4/c1-17(25(30)27-21-11-12-22-23(14-21)32-16-31-22)28(15-19-7-9-20(26)10-8-19)24(29)13-18-5-3-2-4-6-18/h2-12,14,17H,13,15-16H2,1H3,(H,27,30). The van der Waals surface area contributed by atoms with Crippen LogP contribution in [0.5, 0.6) is 11.5 Å². The minimum Gasteiger partial charge on any atom is -0.454 e. The van der Waals surface area contributed by atoms with E-state index in [-0.39, 0.29) is 25.0 Å². The first-order valence-electron chi connectivity index (χ1n) is 10.3. The third-order valence-corrected chi connectivity index (χ3v) is 5.52. The van der Waals surface area contributed by atoms with Crippen LogP contribution in [-0.2, 0) is 22.6 Å². The molecule has 0 saturated carbocycles. The number of nitrogens with one attached hydrogen (secondary N) is 1. The fourth-order valence-corrected chi connectivity index (χ4v) is 3.59. The number of benzene rings is 3. The Labute approximate surface area is 191 Å². The Morgan fingerprint density at radius 2 is 1.69 bits per heavy atom. The third kappa shape index (κ3) is 5.21. The molecule has 1 aliphatic rings. The second-order valence-corrected chi connectivity index (χ2v) is 7.98. The van der Waals surface area contributed by atoms with Crippen LogP contribution < -0.4 is 14.8 Å². The predicted octanol–water partition coefficient (Wildman–Crippen LogP) is 4.67. The molecule has 0 aliphatic carbocycles. The summed E-state index contributed by atoms with van der Waals surface area (Å²) in [6, 6.07) is 21.2. The first-order chi connectivity index (χ1) is 15.5. The van der Waals surface area contributed by atoms with E-state index < -0.39 is 6.04 Å². The summed E-state index contributed by atoms with van der Waals surface area (Å²) in [7, 11) is 0. The van der Waals surface area contributed by atoms with Crippen LogP contribution in [0.4, 0.5) is 5.69 Å². The van der Waals surface area contributed by atoms with Gasteiger partial charge in [0.1, 0.15) is 6.04 Å². The van der Waals surface area contributed by atoms with Crippen molar-refractivity contribution in [2.75, 3.05) is 12.1 Å². The van der Waals surface area contributed by atoms with Crippen LogP contribution in [0, 0.1) is 0 Å². The molecule has 1 heterocycles. The molecule has 1 N–H and O–H groups in total. The minimum absolute atomic E-state index is 0.139. The number of carbonyl (C=O) groups excluding carboxylic acids is 2. The molecule has 7 heteroatoms. The molecule has 4 rings (SSSR count).